The highest BCUT2D eigenvalue weighted by molar-refractivity contribution is 5.82. The number of likely N-dealkylation sites (tertiary alicyclic amines) is 1. The molecule has 21 heavy (non-hydrogen) atoms. The van der Waals surface area contributed by atoms with Gasteiger partial charge < -0.3 is 4.90 Å². The molecule has 2 saturated heterocycles. The molecule has 0 bridgehead atoms. The van der Waals surface area contributed by atoms with E-state index >= 15 is 0 Å². The molecule has 0 aliphatic carbocycles. The molecule has 2 aliphatic rings. The first-order valence-electron chi connectivity index (χ1n) is 7.23. The minimum Gasteiger partial charge on any atom is -0.341 e. The van der Waals surface area contributed by atoms with E-state index in [0.717, 1.165) is 18.7 Å². The van der Waals surface area contributed by atoms with E-state index in [1.165, 1.54) is 0 Å². The number of H-pyrrole nitrogens is 1. The molecule has 0 spiro atoms. The Bertz CT molecular complexity index is 532. The first-order valence-corrected chi connectivity index (χ1v) is 7.23. The molecule has 2 atom stereocenters. The van der Waals surface area contributed by atoms with Crippen LogP contribution in [-0.2, 0) is 4.79 Å². The van der Waals surface area contributed by atoms with Crippen LogP contribution in [0, 0.1) is 6.92 Å². The predicted molar refractivity (Wildman–Crippen MR) is 71.0 cm³/mol. The Morgan fingerprint density at radius 3 is 2.90 bits per heavy atom. The first kappa shape index (κ1) is 14.4. The van der Waals surface area contributed by atoms with E-state index in [2.05, 4.69) is 20.5 Å². The van der Waals surface area contributed by atoms with Gasteiger partial charge in [-0.3, -0.25) is 15.2 Å². The van der Waals surface area contributed by atoms with Gasteiger partial charge in [0.2, 0.25) is 5.91 Å². The van der Waals surface area contributed by atoms with Gasteiger partial charge in [0.15, 0.2) is 5.82 Å². The number of carbonyl (C=O) groups is 1. The number of aromatic amines is 1. The lowest BCUT2D eigenvalue weighted by molar-refractivity contribution is -0.135. The zero-order chi connectivity index (χ0) is 15.0. The topological polar surface area (TPSA) is 73.9 Å². The van der Waals surface area contributed by atoms with Crippen LogP contribution in [0.4, 0.5) is 8.78 Å². The summed E-state index contributed by atoms with van der Waals surface area (Å²) in [6, 6.07) is -0.771. The number of hydrogen-bond donors (Lipinski definition) is 2. The molecule has 2 fully saturated rings. The molecule has 2 unspecified atom stereocenters. The van der Waals surface area contributed by atoms with Crippen molar-refractivity contribution in [3.05, 3.63) is 11.6 Å². The average molecular weight is 299 g/mol. The van der Waals surface area contributed by atoms with Gasteiger partial charge in [-0.25, -0.2) is 13.8 Å². The van der Waals surface area contributed by atoms with Gasteiger partial charge in [-0.05, 0) is 19.8 Å². The highest BCUT2D eigenvalue weighted by Crippen LogP contribution is 2.29. The van der Waals surface area contributed by atoms with Crippen molar-refractivity contribution in [3.63, 3.8) is 0 Å². The van der Waals surface area contributed by atoms with E-state index in [-0.39, 0.29) is 11.8 Å². The maximum absolute atomic E-state index is 13.2. The summed E-state index contributed by atoms with van der Waals surface area (Å²) in [5.74, 6) is -1.49. The van der Waals surface area contributed by atoms with Gasteiger partial charge in [-0.1, -0.05) is 0 Å². The largest absolute Gasteiger partial charge is 0.341 e. The monoisotopic (exact) mass is 299 g/mol. The summed E-state index contributed by atoms with van der Waals surface area (Å²) in [5, 5.41) is 9.57. The lowest BCUT2D eigenvalue weighted by atomic mass is 9.96. The molecule has 116 valence electrons. The van der Waals surface area contributed by atoms with Gasteiger partial charge in [0.25, 0.3) is 5.92 Å². The SMILES string of the molecule is Cc1nc(C2CCCN(C(=O)C3CC(F)(F)CN3)C2)n[nH]1. The van der Waals surface area contributed by atoms with Gasteiger partial charge in [-0.15, -0.1) is 0 Å². The van der Waals surface area contributed by atoms with Crippen LogP contribution >= 0.6 is 0 Å². The van der Waals surface area contributed by atoms with Crippen LogP contribution in [0.15, 0.2) is 0 Å². The molecule has 6 nitrogen and oxygen atoms in total. The van der Waals surface area contributed by atoms with Crippen molar-refractivity contribution in [2.45, 2.75) is 44.1 Å². The first-order chi connectivity index (χ1) is 9.94. The third-order valence-corrected chi connectivity index (χ3v) is 4.12. The summed E-state index contributed by atoms with van der Waals surface area (Å²) < 4.78 is 26.4. The Morgan fingerprint density at radius 1 is 1.48 bits per heavy atom. The molecule has 0 radical (unpaired) electrons. The average Bonchev–Trinajstić information content (AvgIpc) is 3.04. The smallest absolute Gasteiger partial charge is 0.262 e. The van der Waals surface area contributed by atoms with E-state index in [1.807, 2.05) is 6.92 Å². The number of aromatic nitrogens is 3. The Labute approximate surface area is 121 Å². The van der Waals surface area contributed by atoms with Crippen LogP contribution in [0.3, 0.4) is 0 Å². The van der Waals surface area contributed by atoms with E-state index < -0.39 is 24.9 Å². The van der Waals surface area contributed by atoms with Crippen molar-refractivity contribution in [3.8, 4) is 0 Å². The second kappa shape index (κ2) is 5.32. The molecule has 1 amide bonds. The number of amides is 1. The maximum atomic E-state index is 13.2. The van der Waals surface area contributed by atoms with Gasteiger partial charge in [-0.2, -0.15) is 5.10 Å². The van der Waals surface area contributed by atoms with Crippen LogP contribution in [0.1, 0.15) is 36.8 Å². The van der Waals surface area contributed by atoms with Gasteiger partial charge in [0, 0.05) is 25.4 Å². The molecule has 3 heterocycles. The summed E-state index contributed by atoms with van der Waals surface area (Å²) >= 11 is 0. The highest BCUT2D eigenvalue weighted by Gasteiger charge is 2.44. The van der Waals surface area contributed by atoms with Crippen LogP contribution < -0.4 is 5.32 Å². The third kappa shape index (κ3) is 3.04. The summed E-state index contributed by atoms with van der Waals surface area (Å²) in [4.78, 5) is 18.3. The predicted octanol–water partition coefficient (Wildman–Crippen LogP) is 0.816. The molecule has 1 aromatic rings. The number of aryl methyl sites for hydroxylation is 1. The van der Waals surface area contributed by atoms with Crippen LogP contribution in [0.2, 0.25) is 0 Å². The maximum Gasteiger partial charge on any atom is 0.262 e. The fraction of sp³-hybridized carbons (Fsp3) is 0.769. The number of carbonyl (C=O) groups excluding carboxylic acids is 1. The zero-order valence-electron chi connectivity index (χ0n) is 11.9. The summed E-state index contributed by atoms with van der Waals surface area (Å²) in [7, 11) is 0. The summed E-state index contributed by atoms with van der Waals surface area (Å²) in [6.45, 7) is 2.52. The van der Waals surface area contributed by atoms with Crippen LogP contribution in [0.25, 0.3) is 0 Å². The van der Waals surface area contributed by atoms with Crippen molar-refractivity contribution < 1.29 is 13.6 Å². The molecule has 1 aromatic heterocycles. The third-order valence-electron chi connectivity index (χ3n) is 4.12. The van der Waals surface area contributed by atoms with Crippen LogP contribution in [0.5, 0.6) is 0 Å². The van der Waals surface area contributed by atoms with Gasteiger partial charge in [0.1, 0.15) is 5.82 Å². The van der Waals surface area contributed by atoms with E-state index in [1.54, 1.807) is 4.90 Å². The molecular formula is C13H19F2N5O. The minimum atomic E-state index is -2.78. The summed E-state index contributed by atoms with van der Waals surface area (Å²) in [5.41, 5.74) is 0. The Morgan fingerprint density at radius 2 is 2.29 bits per heavy atom. The zero-order valence-corrected chi connectivity index (χ0v) is 11.9. The second-order valence-electron chi connectivity index (χ2n) is 5.90. The van der Waals surface area contributed by atoms with Gasteiger partial charge >= 0.3 is 0 Å². The Balaban J connectivity index is 1.64. The minimum absolute atomic E-state index is 0.0783. The number of alkyl halides is 2. The molecular weight excluding hydrogens is 280 g/mol. The summed E-state index contributed by atoms with van der Waals surface area (Å²) in [6.07, 6.45) is 1.34. The van der Waals surface area contributed by atoms with Crippen molar-refractivity contribution in [1.29, 1.82) is 0 Å². The quantitative estimate of drug-likeness (QED) is 0.848. The lowest BCUT2D eigenvalue weighted by Crippen LogP contribution is -2.47. The van der Waals surface area contributed by atoms with Crippen molar-refractivity contribution >= 4 is 5.91 Å². The van der Waals surface area contributed by atoms with E-state index in [0.29, 0.717) is 18.9 Å². The Hall–Kier alpha value is -1.57. The number of hydrogen-bond acceptors (Lipinski definition) is 4. The molecule has 2 aliphatic heterocycles. The molecule has 0 aromatic carbocycles. The van der Waals surface area contributed by atoms with Crippen LogP contribution in [-0.4, -0.2) is 57.6 Å². The van der Waals surface area contributed by atoms with Crippen molar-refractivity contribution in [2.75, 3.05) is 19.6 Å². The van der Waals surface area contributed by atoms with Gasteiger partial charge in [0.05, 0.1) is 12.6 Å². The van der Waals surface area contributed by atoms with E-state index in [4.69, 9.17) is 0 Å². The number of rotatable bonds is 2. The highest BCUT2D eigenvalue weighted by atomic mass is 19.3. The normalized spacial score (nSPS) is 28.8. The molecule has 0 saturated carbocycles. The number of halogens is 2. The number of piperidine rings is 1. The molecule has 8 heteroatoms. The Kier molecular flexibility index (Phi) is 3.64. The fourth-order valence-corrected chi connectivity index (χ4v) is 3.04. The molecule has 2 N–H and O–H groups in total. The van der Waals surface area contributed by atoms with Crippen molar-refractivity contribution in [2.24, 2.45) is 0 Å². The number of nitrogens with zero attached hydrogens (tertiary/aromatic N) is 3. The molecule has 3 rings (SSSR count). The number of nitrogens with one attached hydrogen (secondary N) is 2. The van der Waals surface area contributed by atoms with E-state index in [9.17, 15) is 13.6 Å². The van der Waals surface area contributed by atoms with Crippen molar-refractivity contribution in [1.82, 2.24) is 25.4 Å². The standard InChI is InChI=1S/C13H19F2N5O/c1-8-17-11(19-18-8)9-3-2-4-20(6-9)12(21)10-5-13(14,15)7-16-10/h9-10,16H,2-7H2,1H3,(H,17,18,19). The second-order valence-corrected chi connectivity index (χ2v) is 5.90. The fourth-order valence-electron chi connectivity index (χ4n) is 3.04. The lowest BCUT2D eigenvalue weighted by Gasteiger charge is -2.33.